The molecule has 0 bridgehead atoms. The Morgan fingerprint density at radius 1 is 0.949 bits per heavy atom. The number of hydrogen-bond acceptors (Lipinski definition) is 12. The number of nitrogens with one attached hydrogen (secondary N) is 2. The van der Waals surface area contributed by atoms with Crippen molar-refractivity contribution in [1.29, 1.82) is 0 Å². The Labute approximate surface area is 229 Å². The van der Waals surface area contributed by atoms with Crippen molar-refractivity contribution in [1.82, 2.24) is 40.0 Å². The molecule has 202 valence electrons. The lowest BCUT2D eigenvalue weighted by molar-refractivity contribution is 0.0161. The molecule has 0 saturated carbocycles. The molecule has 39 heavy (non-hydrogen) atoms. The van der Waals surface area contributed by atoms with Gasteiger partial charge in [0.05, 0.1) is 31.1 Å². The van der Waals surface area contributed by atoms with Gasteiger partial charge in [-0.05, 0) is 24.3 Å². The van der Waals surface area contributed by atoms with Crippen LogP contribution in [0.2, 0.25) is 0 Å². The van der Waals surface area contributed by atoms with Gasteiger partial charge in [0, 0.05) is 67.7 Å². The summed E-state index contributed by atoms with van der Waals surface area (Å²) in [6.07, 6.45) is 8.90. The quantitative estimate of drug-likeness (QED) is 0.335. The van der Waals surface area contributed by atoms with Gasteiger partial charge in [0.2, 0.25) is 17.8 Å². The zero-order chi connectivity index (χ0) is 26.4. The SMILES string of the molecule is Fc1ccc(Sc2cnc(N3CCN(c4ncnc(Nc5cnn(C[C@@H]6CNCCO6)c5)n4)CC3)nc2)cc1. The molecule has 0 unspecified atom stereocenters. The van der Waals surface area contributed by atoms with Gasteiger partial charge in [-0.2, -0.15) is 10.1 Å². The lowest BCUT2D eigenvalue weighted by Gasteiger charge is -2.34. The molecule has 0 spiro atoms. The van der Waals surface area contributed by atoms with Crippen LogP contribution in [0.3, 0.4) is 0 Å². The van der Waals surface area contributed by atoms with E-state index in [0.717, 1.165) is 61.4 Å². The fraction of sp³-hybridized carbons (Fsp3) is 0.360. The number of piperazine rings is 1. The highest BCUT2D eigenvalue weighted by molar-refractivity contribution is 7.99. The number of anilines is 4. The average Bonchev–Trinajstić information content (AvgIpc) is 3.42. The summed E-state index contributed by atoms with van der Waals surface area (Å²) in [5.74, 6) is 1.52. The van der Waals surface area contributed by atoms with E-state index >= 15 is 0 Å². The first-order chi connectivity index (χ1) is 19.2. The van der Waals surface area contributed by atoms with Crippen molar-refractivity contribution in [2.24, 2.45) is 0 Å². The van der Waals surface area contributed by atoms with E-state index in [1.54, 1.807) is 30.7 Å². The average molecular weight is 550 g/mol. The maximum atomic E-state index is 13.1. The van der Waals surface area contributed by atoms with E-state index in [4.69, 9.17) is 4.74 Å². The standard InChI is InChI=1S/C25H28FN11OS/c26-18-1-3-21(4-2-18)39-22-13-28-24(29-14-22)35-6-8-36(9-7-35)25-31-17-30-23(34-25)33-19-11-32-37(15-19)16-20-12-27-5-10-38-20/h1-4,11,13-15,17,20,27H,5-10,12,16H2,(H,30,31,33,34)/t20-/m0/s1. The molecule has 1 aromatic carbocycles. The molecule has 12 nitrogen and oxygen atoms in total. The summed E-state index contributed by atoms with van der Waals surface area (Å²) in [5, 5.41) is 11.0. The van der Waals surface area contributed by atoms with Crippen molar-refractivity contribution in [3.05, 3.63) is 61.2 Å². The van der Waals surface area contributed by atoms with E-state index in [-0.39, 0.29) is 11.9 Å². The van der Waals surface area contributed by atoms with E-state index < -0.39 is 0 Å². The van der Waals surface area contributed by atoms with E-state index in [2.05, 4.69) is 50.5 Å². The molecule has 0 aliphatic carbocycles. The lowest BCUT2D eigenvalue weighted by Crippen LogP contribution is -2.47. The van der Waals surface area contributed by atoms with Crippen LogP contribution < -0.4 is 20.4 Å². The molecule has 1 atom stereocenters. The Hall–Kier alpha value is -3.88. The second-order valence-electron chi connectivity index (χ2n) is 9.13. The van der Waals surface area contributed by atoms with Crippen LogP contribution in [0, 0.1) is 5.82 Å². The summed E-state index contributed by atoms with van der Waals surface area (Å²) in [5.41, 5.74) is 0.805. The van der Waals surface area contributed by atoms with Gasteiger partial charge in [0.25, 0.3) is 0 Å². The van der Waals surface area contributed by atoms with Gasteiger partial charge in [-0.15, -0.1) is 0 Å². The monoisotopic (exact) mass is 549 g/mol. The smallest absolute Gasteiger partial charge is 0.232 e. The fourth-order valence-electron chi connectivity index (χ4n) is 4.37. The molecule has 0 radical (unpaired) electrons. The zero-order valence-electron chi connectivity index (χ0n) is 21.1. The summed E-state index contributed by atoms with van der Waals surface area (Å²) in [7, 11) is 0. The highest BCUT2D eigenvalue weighted by Crippen LogP contribution is 2.27. The highest BCUT2D eigenvalue weighted by atomic mass is 32.2. The van der Waals surface area contributed by atoms with E-state index in [0.29, 0.717) is 24.4 Å². The Balaban J connectivity index is 1.01. The highest BCUT2D eigenvalue weighted by Gasteiger charge is 2.21. The molecule has 3 aromatic heterocycles. The number of benzene rings is 1. The molecule has 5 heterocycles. The second-order valence-corrected chi connectivity index (χ2v) is 10.3. The molecule has 4 aromatic rings. The number of aromatic nitrogens is 7. The maximum absolute atomic E-state index is 13.1. The second kappa shape index (κ2) is 11.9. The first kappa shape index (κ1) is 25.4. The molecule has 2 aliphatic rings. The molecule has 2 N–H and O–H groups in total. The molecule has 0 amide bonds. The van der Waals surface area contributed by atoms with Crippen LogP contribution >= 0.6 is 11.8 Å². The third kappa shape index (κ3) is 6.58. The van der Waals surface area contributed by atoms with Gasteiger partial charge in [0.15, 0.2) is 0 Å². The number of nitrogens with zero attached hydrogens (tertiary/aromatic N) is 9. The molecule has 6 rings (SSSR count). The predicted molar refractivity (Wildman–Crippen MR) is 145 cm³/mol. The minimum atomic E-state index is -0.249. The number of morpholine rings is 1. The van der Waals surface area contributed by atoms with E-state index in [1.807, 2.05) is 10.9 Å². The Kier molecular flexibility index (Phi) is 7.74. The molecular formula is C25H28FN11OS. The van der Waals surface area contributed by atoms with Crippen molar-refractivity contribution in [2.75, 3.05) is 61.0 Å². The molecule has 14 heteroatoms. The van der Waals surface area contributed by atoms with Crippen LogP contribution in [0.15, 0.2) is 65.2 Å². The van der Waals surface area contributed by atoms with Gasteiger partial charge < -0.3 is 25.2 Å². The van der Waals surface area contributed by atoms with Crippen LogP contribution in [0.4, 0.5) is 27.9 Å². The lowest BCUT2D eigenvalue weighted by atomic mass is 10.3. The number of ether oxygens (including phenoxy) is 1. The summed E-state index contributed by atoms with van der Waals surface area (Å²) in [4.78, 5) is 28.5. The number of hydrogen-bond donors (Lipinski definition) is 2. The first-order valence-electron chi connectivity index (χ1n) is 12.7. The van der Waals surface area contributed by atoms with Crippen LogP contribution in [0.25, 0.3) is 0 Å². The van der Waals surface area contributed by atoms with Gasteiger partial charge >= 0.3 is 0 Å². The number of rotatable bonds is 8. The molecule has 2 fully saturated rings. The third-order valence-corrected chi connectivity index (χ3v) is 7.31. The van der Waals surface area contributed by atoms with Crippen LogP contribution in [-0.2, 0) is 11.3 Å². The van der Waals surface area contributed by atoms with Gasteiger partial charge in [0.1, 0.15) is 12.1 Å². The molecular weight excluding hydrogens is 521 g/mol. The van der Waals surface area contributed by atoms with Crippen molar-refractivity contribution >= 4 is 35.3 Å². The van der Waals surface area contributed by atoms with Crippen molar-refractivity contribution in [2.45, 2.75) is 22.4 Å². The Morgan fingerprint density at radius 3 is 2.46 bits per heavy atom. The Morgan fingerprint density at radius 2 is 1.72 bits per heavy atom. The predicted octanol–water partition coefficient (Wildman–Crippen LogP) is 2.21. The van der Waals surface area contributed by atoms with E-state index in [1.165, 1.54) is 30.2 Å². The first-order valence-corrected chi connectivity index (χ1v) is 13.6. The maximum Gasteiger partial charge on any atom is 0.232 e. The van der Waals surface area contributed by atoms with Gasteiger partial charge in [-0.3, -0.25) is 4.68 Å². The van der Waals surface area contributed by atoms with Crippen LogP contribution in [0.1, 0.15) is 0 Å². The summed E-state index contributed by atoms with van der Waals surface area (Å²) in [6.45, 7) is 6.04. The van der Waals surface area contributed by atoms with Crippen molar-refractivity contribution in [3.63, 3.8) is 0 Å². The molecule has 2 aliphatic heterocycles. The van der Waals surface area contributed by atoms with Crippen LogP contribution in [-0.4, -0.2) is 86.7 Å². The summed E-state index contributed by atoms with van der Waals surface area (Å²) in [6, 6.07) is 6.38. The van der Waals surface area contributed by atoms with Gasteiger partial charge in [-0.25, -0.2) is 24.3 Å². The van der Waals surface area contributed by atoms with E-state index in [9.17, 15) is 4.39 Å². The zero-order valence-corrected chi connectivity index (χ0v) is 22.0. The fourth-order valence-corrected chi connectivity index (χ4v) is 5.13. The largest absolute Gasteiger partial charge is 0.374 e. The topological polar surface area (TPSA) is 122 Å². The minimum Gasteiger partial charge on any atom is -0.374 e. The third-order valence-electron chi connectivity index (χ3n) is 6.35. The van der Waals surface area contributed by atoms with Crippen LogP contribution in [0.5, 0.6) is 0 Å². The Bertz CT molecular complexity index is 1360. The number of halogens is 1. The minimum absolute atomic E-state index is 0.109. The van der Waals surface area contributed by atoms with Crippen molar-refractivity contribution < 1.29 is 9.13 Å². The normalized spacial score (nSPS) is 17.8. The molecule has 2 saturated heterocycles. The van der Waals surface area contributed by atoms with Gasteiger partial charge in [-0.1, -0.05) is 11.8 Å². The summed E-state index contributed by atoms with van der Waals surface area (Å²) >= 11 is 1.50. The van der Waals surface area contributed by atoms with Crippen molar-refractivity contribution in [3.8, 4) is 0 Å². The summed E-state index contributed by atoms with van der Waals surface area (Å²) < 4.78 is 20.7.